The summed E-state index contributed by atoms with van der Waals surface area (Å²) in [6.45, 7) is 3.79. The number of hydrogen-bond acceptors (Lipinski definition) is 1. The van der Waals surface area contributed by atoms with Gasteiger partial charge in [-0.25, -0.2) is 4.39 Å². The van der Waals surface area contributed by atoms with Gasteiger partial charge in [-0.3, -0.25) is 4.79 Å². The first-order valence-electron chi connectivity index (χ1n) is 5.47. The Bertz CT molecular complexity index is 374. The maximum atomic E-state index is 13.1. The van der Waals surface area contributed by atoms with E-state index in [-0.39, 0.29) is 16.7 Å². The van der Waals surface area contributed by atoms with Gasteiger partial charge in [0.25, 0.3) is 0 Å². The molecular formula is C13H16ClFO. The Labute approximate surface area is 101 Å². The fraction of sp³-hybridized carbons (Fsp3) is 0.462. The summed E-state index contributed by atoms with van der Waals surface area (Å²) < 4.78 is 13.1. The Balaban J connectivity index is 2.43. The predicted octanol–water partition coefficient (Wildman–Crippen LogP) is 4.03. The smallest absolute Gasteiger partial charge is 0.142 e. The minimum Gasteiger partial charge on any atom is -0.299 e. The van der Waals surface area contributed by atoms with Crippen LogP contribution in [-0.4, -0.2) is 5.78 Å². The third-order valence-corrected chi connectivity index (χ3v) is 2.82. The van der Waals surface area contributed by atoms with Crippen molar-refractivity contribution in [1.29, 1.82) is 0 Å². The van der Waals surface area contributed by atoms with E-state index in [1.54, 1.807) is 12.1 Å². The molecule has 0 saturated carbocycles. The van der Waals surface area contributed by atoms with Crippen molar-refractivity contribution >= 4 is 17.4 Å². The second-order valence-corrected chi connectivity index (χ2v) is 4.63. The molecule has 3 heteroatoms. The Morgan fingerprint density at radius 3 is 2.69 bits per heavy atom. The van der Waals surface area contributed by atoms with Crippen molar-refractivity contribution in [3.8, 4) is 0 Å². The van der Waals surface area contributed by atoms with Gasteiger partial charge in [0.05, 0.1) is 5.02 Å². The molecule has 0 N–H and O–H groups in total. The van der Waals surface area contributed by atoms with Gasteiger partial charge in [0.2, 0.25) is 0 Å². The van der Waals surface area contributed by atoms with Crippen LogP contribution >= 0.6 is 11.6 Å². The molecule has 0 aliphatic heterocycles. The molecule has 88 valence electrons. The number of carbonyl (C=O) groups is 1. The van der Waals surface area contributed by atoms with E-state index in [0.29, 0.717) is 12.8 Å². The van der Waals surface area contributed by atoms with E-state index < -0.39 is 5.82 Å². The van der Waals surface area contributed by atoms with Crippen molar-refractivity contribution in [2.24, 2.45) is 5.92 Å². The Morgan fingerprint density at radius 2 is 2.12 bits per heavy atom. The summed E-state index contributed by atoms with van der Waals surface area (Å²) in [4.78, 5) is 11.4. The van der Waals surface area contributed by atoms with Gasteiger partial charge in [-0.2, -0.15) is 0 Å². The standard InChI is InChI=1S/C13H16ClFO/c1-9(2)13(16)5-3-4-10-6-7-11(14)12(15)8-10/h6-9H,3-5H2,1-2H3. The molecule has 0 fully saturated rings. The summed E-state index contributed by atoms with van der Waals surface area (Å²) in [6, 6.07) is 4.78. The normalized spacial score (nSPS) is 10.8. The molecule has 0 heterocycles. The molecule has 0 bridgehead atoms. The lowest BCUT2D eigenvalue weighted by atomic mass is 10.0. The zero-order valence-corrected chi connectivity index (χ0v) is 10.4. The second-order valence-electron chi connectivity index (χ2n) is 4.22. The fourth-order valence-electron chi connectivity index (χ4n) is 1.45. The first-order valence-corrected chi connectivity index (χ1v) is 5.85. The van der Waals surface area contributed by atoms with Crippen LogP contribution in [0.15, 0.2) is 18.2 Å². The Hall–Kier alpha value is -0.890. The molecule has 16 heavy (non-hydrogen) atoms. The highest BCUT2D eigenvalue weighted by atomic mass is 35.5. The van der Waals surface area contributed by atoms with Crippen molar-refractivity contribution in [1.82, 2.24) is 0 Å². The minimum absolute atomic E-state index is 0.0851. The van der Waals surface area contributed by atoms with Crippen molar-refractivity contribution in [2.75, 3.05) is 0 Å². The van der Waals surface area contributed by atoms with Crippen molar-refractivity contribution in [2.45, 2.75) is 33.1 Å². The van der Waals surface area contributed by atoms with Gasteiger partial charge in [-0.05, 0) is 30.5 Å². The monoisotopic (exact) mass is 242 g/mol. The van der Waals surface area contributed by atoms with Crippen LogP contribution in [0, 0.1) is 11.7 Å². The number of rotatable bonds is 5. The molecule has 0 aliphatic rings. The lowest BCUT2D eigenvalue weighted by molar-refractivity contribution is -0.121. The van der Waals surface area contributed by atoms with E-state index in [4.69, 9.17) is 11.6 Å². The molecule has 1 aromatic rings. The third-order valence-electron chi connectivity index (χ3n) is 2.52. The molecule has 1 aromatic carbocycles. The van der Waals surface area contributed by atoms with Crippen LogP contribution in [0.25, 0.3) is 0 Å². The summed E-state index contributed by atoms with van der Waals surface area (Å²) in [6.07, 6.45) is 2.03. The lowest BCUT2D eigenvalue weighted by Gasteiger charge is -2.04. The van der Waals surface area contributed by atoms with Gasteiger partial charge in [0.1, 0.15) is 11.6 Å². The summed E-state index contributed by atoms with van der Waals surface area (Å²) in [5, 5.41) is 0.141. The number of aryl methyl sites for hydroxylation is 1. The van der Waals surface area contributed by atoms with Gasteiger partial charge in [0.15, 0.2) is 0 Å². The fourth-order valence-corrected chi connectivity index (χ4v) is 1.57. The van der Waals surface area contributed by atoms with Crippen LogP contribution in [0.3, 0.4) is 0 Å². The minimum atomic E-state index is -0.394. The van der Waals surface area contributed by atoms with Gasteiger partial charge in [0, 0.05) is 12.3 Å². The summed E-state index contributed by atoms with van der Waals surface area (Å²) >= 11 is 5.58. The first-order chi connectivity index (χ1) is 7.50. The number of Topliss-reactive ketones (excluding diaryl/α,β-unsaturated/α-hetero) is 1. The second kappa shape index (κ2) is 6.00. The van der Waals surface area contributed by atoms with Crippen LogP contribution in [-0.2, 0) is 11.2 Å². The van der Waals surface area contributed by atoms with Crippen LogP contribution in [0.1, 0.15) is 32.3 Å². The van der Waals surface area contributed by atoms with Gasteiger partial charge < -0.3 is 0 Å². The summed E-state index contributed by atoms with van der Waals surface area (Å²) in [5.41, 5.74) is 0.887. The molecule has 0 unspecified atom stereocenters. The number of carbonyl (C=O) groups excluding carboxylic acids is 1. The zero-order valence-electron chi connectivity index (χ0n) is 9.59. The molecule has 0 aliphatic carbocycles. The maximum Gasteiger partial charge on any atom is 0.142 e. The third kappa shape index (κ3) is 3.93. The molecular weight excluding hydrogens is 227 g/mol. The van der Waals surface area contributed by atoms with Crippen LogP contribution in [0.5, 0.6) is 0 Å². The summed E-state index contributed by atoms with van der Waals surface area (Å²) in [5.74, 6) is -0.0502. The summed E-state index contributed by atoms with van der Waals surface area (Å²) in [7, 11) is 0. The molecule has 0 radical (unpaired) electrons. The van der Waals surface area contributed by atoms with E-state index in [2.05, 4.69) is 0 Å². The van der Waals surface area contributed by atoms with Crippen LogP contribution in [0.2, 0.25) is 5.02 Å². The number of halogens is 2. The number of ketones is 1. The predicted molar refractivity (Wildman–Crippen MR) is 64.2 cm³/mol. The molecule has 0 spiro atoms. The van der Waals surface area contributed by atoms with Gasteiger partial charge in [-0.15, -0.1) is 0 Å². The Kier molecular flexibility index (Phi) is 4.94. The first kappa shape index (κ1) is 13.2. The average molecular weight is 243 g/mol. The van der Waals surface area contributed by atoms with E-state index in [1.807, 2.05) is 13.8 Å². The average Bonchev–Trinajstić information content (AvgIpc) is 2.23. The van der Waals surface area contributed by atoms with Crippen LogP contribution in [0.4, 0.5) is 4.39 Å². The molecule has 0 aromatic heterocycles. The molecule has 1 rings (SSSR count). The molecule has 0 amide bonds. The van der Waals surface area contributed by atoms with Crippen molar-refractivity contribution in [3.05, 3.63) is 34.6 Å². The van der Waals surface area contributed by atoms with Crippen molar-refractivity contribution < 1.29 is 9.18 Å². The van der Waals surface area contributed by atoms with Crippen LogP contribution < -0.4 is 0 Å². The number of benzene rings is 1. The SMILES string of the molecule is CC(C)C(=O)CCCc1ccc(Cl)c(F)c1. The zero-order chi connectivity index (χ0) is 12.1. The maximum absolute atomic E-state index is 13.1. The Morgan fingerprint density at radius 1 is 1.44 bits per heavy atom. The van der Waals surface area contributed by atoms with Gasteiger partial charge in [-0.1, -0.05) is 31.5 Å². The lowest BCUT2D eigenvalue weighted by Crippen LogP contribution is -2.06. The van der Waals surface area contributed by atoms with Gasteiger partial charge >= 0.3 is 0 Å². The highest BCUT2D eigenvalue weighted by Gasteiger charge is 2.07. The van der Waals surface area contributed by atoms with E-state index >= 15 is 0 Å². The molecule has 1 nitrogen and oxygen atoms in total. The van der Waals surface area contributed by atoms with E-state index in [0.717, 1.165) is 12.0 Å². The molecule has 0 saturated heterocycles. The largest absolute Gasteiger partial charge is 0.299 e. The molecule has 0 atom stereocenters. The quantitative estimate of drug-likeness (QED) is 0.762. The topological polar surface area (TPSA) is 17.1 Å². The highest BCUT2D eigenvalue weighted by Crippen LogP contribution is 2.17. The highest BCUT2D eigenvalue weighted by molar-refractivity contribution is 6.30. The number of hydrogen-bond donors (Lipinski definition) is 0. The van der Waals surface area contributed by atoms with E-state index in [9.17, 15) is 9.18 Å². The van der Waals surface area contributed by atoms with E-state index in [1.165, 1.54) is 6.07 Å². The van der Waals surface area contributed by atoms with Crippen molar-refractivity contribution in [3.63, 3.8) is 0 Å².